The summed E-state index contributed by atoms with van der Waals surface area (Å²) in [7, 11) is 1.66. The Kier molecular flexibility index (Phi) is 5.98. The third-order valence-electron chi connectivity index (χ3n) is 3.19. The molecule has 0 aromatic carbocycles. The molecule has 0 aliphatic carbocycles. The van der Waals surface area contributed by atoms with Crippen molar-refractivity contribution in [3.63, 3.8) is 0 Å². The van der Waals surface area contributed by atoms with E-state index in [1.54, 1.807) is 7.11 Å². The van der Waals surface area contributed by atoms with E-state index in [1.807, 2.05) is 12.3 Å². The topological polar surface area (TPSA) is 34.2 Å². The first kappa shape index (κ1) is 14.0. The number of nitrogens with one attached hydrogen (secondary N) is 1. The molecule has 0 fully saturated rings. The molecule has 1 aromatic heterocycles. The molecule has 2 atom stereocenters. The zero-order valence-corrected chi connectivity index (χ0v) is 11.4. The highest BCUT2D eigenvalue weighted by Gasteiger charge is 2.16. The van der Waals surface area contributed by atoms with Crippen molar-refractivity contribution in [2.45, 2.75) is 45.6 Å². The summed E-state index contributed by atoms with van der Waals surface area (Å²) in [5.41, 5.74) is 1.28. The third-order valence-corrected chi connectivity index (χ3v) is 3.19. The van der Waals surface area contributed by atoms with E-state index in [1.165, 1.54) is 12.0 Å². The number of hydrogen-bond donors (Lipinski definition) is 1. The summed E-state index contributed by atoms with van der Waals surface area (Å²) >= 11 is 0. The van der Waals surface area contributed by atoms with E-state index in [4.69, 9.17) is 4.74 Å². The van der Waals surface area contributed by atoms with Crippen molar-refractivity contribution in [2.24, 2.45) is 0 Å². The van der Waals surface area contributed by atoms with E-state index >= 15 is 0 Å². The van der Waals surface area contributed by atoms with Crippen molar-refractivity contribution in [2.75, 3.05) is 13.7 Å². The van der Waals surface area contributed by atoms with E-state index in [0.29, 0.717) is 17.8 Å². The summed E-state index contributed by atoms with van der Waals surface area (Å²) in [4.78, 5) is 4.14. The molecule has 0 aliphatic rings. The fourth-order valence-corrected chi connectivity index (χ4v) is 2.06. The van der Waals surface area contributed by atoms with Crippen LogP contribution in [0.4, 0.5) is 0 Å². The highest BCUT2D eigenvalue weighted by molar-refractivity contribution is 5.24. The molecule has 0 saturated heterocycles. The van der Waals surface area contributed by atoms with Gasteiger partial charge in [-0.25, -0.2) is 4.98 Å². The quantitative estimate of drug-likeness (QED) is 0.790. The average molecular weight is 236 g/mol. The van der Waals surface area contributed by atoms with Crippen molar-refractivity contribution >= 4 is 0 Å². The summed E-state index contributed by atoms with van der Waals surface area (Å²) in [5.74, 6) is 1.17. The van der Waals surface area contributed by atoms with Gasteiger partial charge in [-0.05, 0) is 36.9 Å². The van der Waals surface area contributed by atoms with Gasteiger partial charge in [0.25, 0.3) is 0 Å². The first-order valence-electron chi connectivity index (χ1n) is 6.46. The van der Waals surface area contributed by atoms with Crippen LogP contribution >= 0.6 is 0 Å². The Bertz CT molecular complexity index is 328. The van der Waals surface area contributed by atoms with E-state index in [2.05, 4.69) is 37.1 Å². The molecule has 0 saturated carbocycles. The van der Waals surface area contributed by atoms with Crippen molar-refractivity contribution in [1.82, 2.24) is 10.3 Å². The third kappa shape index (κ3) is 4.00. The van der Waals surface area contributed by atoms with Crippen molar-refractivity contribution in [1.29, 1.82) is 0 Å². The lowest BCUT2D eigenvalue weighted by molar-refractivity contribution is 0.394. The molecule has 1 heterocycles. The molecule has 1 aromatic rings. The average Bonchev–Trinajstić information content (AvgIpc) is 2.39. The Balaban J connectivity index is 2.74. The van der Waals surface area contributed by atoms with Crippen LogP contribution in [0.5, 0.6) is 5.88 Å². The maximum Gasteiger partial charge on any atom is 0.213 e. The first-order valence-corrected chi connectivity index (χ1v) is 6.46. The fraction of sp³-hybridized carbons (Fsp3) is 0.643. The van der Waals surface area contributed by atoms with Crippen molar-refractivity contribution < 1.29 is 4.74 Å². The second kappa shape index (κ2) is 7.28. The van der Waals surface area contributed by atoms with Gasteiger partial charge in [-0.1, -0.05) is 20.8 Å². The lowest BCUT2D eigenvalue weighted by Crippen LogP contribution is -2.33. The molecule has 3 nitrogen and oxygen atoms in total. The first-order chi connectivity index (χ1) is 8.22. The number of ether oxygens (including phenoxy) is 1. The van der Waals surface area contributed by atoms with Crippen molar-refractivity contribution in [3.05, 3.63) is 23.9 Å². The Labute approximate surface area is 105 Å². The Morgan fingerprint density at radius 2 is 2.18 bits per heavy atom. The SMILES string of the molecule is CCCNC(CC)C(C)c1ccnc(OC)c1. The summed E-state index contributed by atoms with van der Waals surface area (Å²) in [6.45, 7) is 7.75. The van der Waals surface area contributed by atoms with Crippen molar-refractivity contribution in [3.8, 4) is 5.88 Å². The van der Waals surface area contributed by atoms with Crippen LogP contribution in [-0.4, -0.2) is 24.7 Å². The number of pyridine rings is 1. The van der Waals surface area contributed by atoms with Gasteiger partial charge < -0.3 is 10.1 Å². The van der Waals surface area contributed by atoms with Gasteiger partial charge in [-0.3, -0.25) is 0 Å². The molecule has 2 unspecified atom stereocenters. The minimum Gasteiger partial charge on any atom is -0.481 e. The number of nitrogens with zero attached hydrogens (tertiary/aromatic N) is 1. The van der Waals surface area contributed by atoms with E-state index in [0.717, 1.165) is 13.0 Å². The molecule has 0 spiro atoms. The van der Waals surface area contributed by atoms with Crippen LogP contribution in [0.1, 0.15) is 45.1 Å². The van der Waals surface area contributed by atoms with E-state index < -0.39 is 0 Å². The maximum absolute atomic E-state index is 5.17. The highest BCUT2D eigenvalue weighted by Crippen LogP contribution is 2.23. The van der Waals surface area contributed by atoms with Crippen LogP contribution in [0.3, 0.4) is 0 Å². The Hall–Kier alpha value is -1.09. The summed E-state index contributed by atoms with van der Waals surface area (Å²) < 4.78 is 5.17. The number of rotatable bonds is 7. The van der Waals surface area contributed by atoms with Crippen LogP contribution < -0.4 is 10.1 Å². The van der Waals surface area contributed by atoms with Crippen LogP contribution in [0.2, 0.25) is 0 Å². The number of methoxy groups -OCH3 is 1. The standard InChI is InChI=1S/C14H24N2O/c1-5-8-15-13(6-2)11(3)12-7-9-16-14(10-12)17-4/h7,9-11,13,15H,5-6,8H2,1-4H3. The number of hydrogen-bond acceptors (Lipinski definition) is 3. The molecule has 0 radical (unpaired) electrons. The van der Waals surface area contributed by atoms with Gasteiger partial charge in [0.2, 0.25) is 5.88 Å². The zero-order valence-electron chi connectivity index (χ0n) is 11.4. The van der Waals surface area contributed by atoms with Crippen LogP contribution in [-0.2, 0) is 0 Å². The minimum atomic E-state index is 0.475. The molecule has 0 amide bonds. The second-order valence-electron chi connectivity index (χ2n) is 4.39. The van der Waals surface area contributed by atoms with E-state index in [9.17, 15) is 0 Å². The maximum atomic E-state index is 5.17. The molecule has 1 rings (SSSR count). The fourth-order valence-electron chi connectivity index (χ4n) is 2.06. The van der Waals surface area contributed by atoms with Gasteiger partial charge >= 0.3 is 0 Å². The molecule has 3 heteroatoms. The van der Waals surface area contributed by atoms with Gasteiger partial charge in [-0.2, -0.15) is 0 Å². The van der Waals surface area contributed by atoms with Crippen LogP contribution in [0, 0.1) is 0 Å². The highest BCUT2D eigenvalue weighted by atomic mass is 16.5. The van der Waals surface area contributed by atoms with Gasteiger partial charge in [0, 0.05) is 18.3 Å². The normalized spacial score (nSPS) is 14.4. The molecule has 0 aliphatic heterocycles. The monoisotopic (exact) mass is 236 g/mol. The summed E-state index contributed by atoms with van der Waals surface area (Å²) in [6, 6.07) is 4.62. The van der Waals surface area contributed by atoms with Gasteiger partial charge in [0.15, 0.2) is 0 Å². The second-order valence-corrected chi connectivity index (χ2v) is 4.39. The Morgan fingerprint density at radius 3 is 2.76 bits per heavy atom. The lowest BCUT2D eigenvalue weighted by atomic mass is 9.92. The molecule has 0 bridgehead atoms. The zero-order chi connectivity index (χ0) is 12.7. The molecular weight excluding hydrogens is 212 g/mol. The summed E-state index contributed by atoms with van der Waals surface area (Å²) in [6.07, 6.45) is 4.12. The largest absolute Gasteiger partial charge is 0.481 e. The minimum absolute atomic E-state index is 0.475. The van der Waals surface area contributed by atoms with Gasteiger partial charge in [0.05, 0.1) is 7.11 Å². The molecule has 17 heavy (non-hydrogen) atoms. The smallest absolute Gasteiger partial charge is 0.213 e. The van der Waals surface area contributed by atoms with Gasteiger partial charge in [0.1, 0.15) is 0 Å². The van der Waals surface area contributed by atoms with Gasteiger partial charge in [-0.15, -0.1) is 0 Å². The predicted octanol–water partition coefficient (Wildman–Crippen LogP) is 2.97. The van der Waals surface area contributed by atoms with Crippen LogP contribution in [0.15, 0.2) is 18.3 Å². The number of aromatic nitrogens is 1. The lowest BCUT2D eigenvalue weighted by Gasteiger charge is -2.24. The molecule has 1 N–H and O–H groups in total. The van der Waals surface area contributed by atoms with Crippen LogP contribution in [0.25, 0.3) is 0 Å². The van der Waals surface area contributed by atoms with E-state index in [-0.39, 0.29) is 0 Å². The summed E-state index contributed by atoms with van der Waals surface area (Å²) in [5, 5.41) is 3.59. The molecular formula is C14H24N2O. The predicted molar refractivity (Wildman–Crippen MR) is 71.6 cm³/mol. The Morgan fingerprint density at radius 1 is 1.41 bits per heavy atom. The molecule has 96 valence electrons.